The molecule has 2 heteroatoms. The zero-order chi connectivity index (χ0) is 12.5. The van der Waals surface area contributed by atoms with Crippen molar-refractivity contribution in [2.45, 2.75) is 58.5 Å². The summed E-state index contributed by atoms with van der Waals surface area (Å²) in [5, 5.41) is 10.1. The number of aliphatic hydroxyl groups is 1. The number of rotatable bonds is 8. The van der Waals surface area contributed by atoms with E-state index in [-0.39, 0.29) is 6.10 Å². The molecule has 0 saturated carbocycles. The van der Waals surface area contributed by atoms with Gasteiger partial charge in [-0.15, -0.1) is 0 Å². The maximum Gasteiger partial charge on any atom is 0.0583 e. The lowest BCUT2D eigenvalue weighted by molar-refractivity contribution is 0.137. The molecule has 0 aliphatic carbocycles. The van der Waals surface area contributed by atoms with Crippen molar-refractivity contribution in [2.75, 3.05) is 0 Å². The minimum Gasteiger partial charge on any atom is -0.393 e. The molecule has 0 amide bonds. The van der Waals surface area contributed by atoms with E-state index in [1.54, 1.807) is 12.4 Å². The lowest BCUT2D eigenvalue weighted by Crippen LogP contribution is -2.16. The predicted octanol–water partition coefficient (Wildman–Crippen LogP) is 3.59. The van der Waals surface area contributed by atoms with E-state index in [0.717, 1.165) is 12.8 Å². The van der Waals surface area contributed by atoms with E-state index in [9.17, 15) is 5.11 Å². The molecule has 0 saturated heterocycles. The predicted molar refractivity (Wildman–Crippen MR) is 71.9 cm³/mol. The maximum atomic E-state index is 10.1. The minimum atomic E-state index is -0.209. The van der Waals surface area contributed by atoms with Crippen LogP contribution < -0.4 is 0 Å². The Balaban J connectivity index is 2.34. The minimum absolute atomic E-state index is 0.209. The Kier molecular flexibility index (Phi) is 6.87. The molecule has 0 radical (unpaired) electrons. The summed E-state index contributed by atoms with van der Waals surface area (Å²) in [6.45, 7) is 4.44. The van der Waals surface area contributed by atoms with Gasteiger partial charge in [0.2, 0.25) is 0 Å². The van der Waals surface area contributed by atoms with Crippen LogP contribution in [0.3, 0.4) is 0 Å². The number of aliphatic hydroxyl groups excluding tert-OH is 1. The van der Waals surface area contributed by atoms with Gasteiger partial charge in [-0.05, 0) is 36.5 Å². The molecule has 1 heterocycles. The third-order valence-corrected chi connectivity index (χ3v) is 3.37. The van der Waals surface area contributed by atoms with Gasteiger partial charge in [0.15, 0.2) is 0 Å². The molecule has 2 unspecified atom stereocenters. The van der Waals surface area contributed by atoms with Gasteiger partial charge in [-0.1, -0.05) is 39.5 Å². The van der Waals surface area contributed by atoms with E-state index in [1.807, 2.05) is 12.1 Å². The summed E-state index contributed by atoms with van der Waals surface area (Å²) in [4.78, 5) is 3.99. The Morgan fingerprint density at radius 2 is 1.94 bits per heavy atom. The van der Waals surface area contributed by atoms with E-state index >= 15 is 0 Å². The van der Waals surface area contributed by atoms with Gasteiger partial charge in [0.05, 0.1) is 6.10 Å². The van der Waals surface area contributed by atoms with Crippen molar-refractivity contribution >= 4 is 0 Å². The van der Waals surface area contributed by atoms with Gasteiger partial charge in [-0.25, -0.2) is 0 Å². The first kappa shape index (κ1) is 14.2. The number of nitrogens with zero attached hydrogens (tertiary/aromatic N) is 1. The fraction of sp³-hybridized carbons (Fsp3) is 0.667. The lowest BCUT2D eigenvalue weighted by atomic mass is 9.91. The number of pyridine rings is 1. The van der Waals surface area contributed by atoms with Crippen LogP contribution in [0.5, 0.6) is 0 Å². The van der Waals surface area contributed by atoms with Crippen LogP contribution >= 0.6 is 0 Å². The van der Waals surface area contributed by atoms with Crippen LogP contribution in [0.1, 0.15) is 51.5 Å². The summed E-state index contributed by atoms with van der Waals surface area (Å²) >= 11 is 0. The number of hydrogen-bond acceptors (Lipinski definition) is 2. The molecule has 0 spiro atoms. The normalized spacial score (nSPS) is 14.5. The second-order valence-corrected chi connectivity index (χ2v) is 4.87. The molecule has 0 aliphatic heterocycles. The highest BCUT2D eigenvalue weighted by molar-refractivity contribution is 5.10. The molecule has 0 aromatic carbocycles. The first-order chi connectivity index (χ1) is 8.26. The molecule has 2 nitrogen and oxygen atoms in total. The molecule has 17 heavy (non-hydrogen) atoms. The third kappa shape index (κ3) is 5.83. The van der Waals surface area contributed by atoms with Crippen molar-refractivity contribution in [1.29, 1.82) is 0 Å². The molecule has 1 rings (SSSR count). The molecule has 0 aliphatic rings. The van der Waals surface area contributed by atoms with Crippen molar-refractivity contribution in [2.24, 2.45) is 5.92 Å². The highest BCUT2D eigenvalue weighted by Gasteiger charge is 2.13. The Hall–Kier alpha value is -0.890. The van der Waals surface area contributed by atoms with Crippen molar-refractivity contribution < 1.29 is 5.11 Å². The summed E-state index contributed by atoms with van der Waals surface area (Å²) in [6, 6.07) is 3.96. The summed E-state index contributed by atoms with van der Waals surface area (Å²) in [7, 11) is 0. The highest BCUT2D eigenvalue weighted by Crippen LogP contribution is 2.20. The molecule has 96 valence electrons. The second kappa shape index (κ2) is 8.24. The topological polar surface area (TPSA) is 33.1 Å². The molecule has 2 atom stereocenters. The van der Waals surface area contributed by atoms with Gasteiger partial charge < -0.3 is 5.11 Å². The quantitative estimate of drug-likeness (QED) is 0.747. The summed E-state index contributed by atoms with van der Waals surface area (Å²) in [6.07, 6.45) is 10.0. The summed E-state index contributed by atoms with van der Waals surface area (Å²) in [5.74, 6) is 0.673. The van der Waals surface area contributed by atoms with Crippen molar-refractivity contribution in [3.05, 3.63) is 30.1 Å². The third-order valence-electron chi connectivity index (χ3n) is 3.37. The number of aromatic nitrogens is 1. The number of unbranched alkanes of at least 4 members (excludes halogenated alkanes) is 1. The molecular formula is C15H25NO. The summed E-state index contributed by atoms with van der Waals surface area (Å²) < 4.78 is 0. The Bertz CT molecular complexity index is 286. The van der Waals surface area contributed by atoms with E-state index in [1.165, 1.54) is 31.2 Å². The van der Waals surface area contributed by atoms with Gasteiger partial charge in [0.1, 0.15) is 0 Å². The van der Waals surface area contributed by atoms with Crippen LogP contribution in [0.15, 0.2) is 24.5 Å². The maximum absolute atomic E-state index is 10.1. The molecule has 0 fully saturated rings. The molecule has 1 N–H and O–H groups in total. The van der Waals surface area contributed by atoms with Crippen LogP contribution in [0.2, 0.25) is 0 Å². The van der Waals surface area contributed by atoms with Crippen molar-refractivity contribution in [3.8, 4) is 0 Å². The van der Waals surface area contributed by atoms with Crippen LogP contribution in [0, 0.1) is 5.92 Å². The zero-order valence-corrected chi connectivity index (χ0v) is 11.1. The molecule has 0 bridgehead atoms. The lowest BCUT2D eigenvalue weighted by Gasteiger charge is -2.18. The fourth-order valence-electron chi connectivity index (χ4n) is 2.24. The van der Waals surface area contributed by atoms with Crippen LogP contribution in [-0.2, 0) is 6.42 Å². The second-order valence-electron chi connectivity index (χ2n) is 4.87. The van der Waals surface area contributed by atoms with E-state index in [4.69, 9.17) is 0 Å². The Labute approximate surface area is 105 Å². The van der Waals surface area contributed by atoms with E-state index in [0.29, 0.717) is 5.92 Å². The van der Waals surface area contributed by atoms with Gasteiger partial charge >= 0.3 is 0 Å². The number of hydrogen-bond donors (Lipinski definition) is 1. The van der Waals surface area contributed by atoms with Crippen molar-refractivity contribution in [3.63, 3.8) is 0 Å². The van der Waals surface area contributed by atoms with Crippen LogP contribution in [0.4, 0.5) is 0 Å². The first-order valence-electron chi connectivity index (χ1n) is 6.83. The molecular weight excluding hydrogens is 210 g/mol. The average Bonchev–Trinajstić information content (AvgIpc) is 2.35. The highest BCUT2D eigenvalue weighted by atomic mass is 16.3. The Morgan fingerprint density at radius 3 is 2.53 bits per heavy atom. The largest absolute Gasteiger partial charge is 0.393 e. The SMILES string of the molecule is CCCCC(CC)CC(O)Cc1ccncc1. The van der Waals surface area contributed by atoms with Gasteiger partial charge in [0, 0.05) is 12.4 Å². The van der Waals surface area contributed by atoms with Crippen LogP contribution in [-0.4, -0.2) is 16.2 Å². The van der Waals surface area contributed by atoms with Gasteiger partial charge in [-0.2, -0.15) is 0 Å². The smallest absolute Gasteiger partial charge is 0.0583 e. The monoisotopic (exact) mass is 235 g/mol. The Morgan fingerprint density at radius 1 is 1.24 bits per heavy atom. The van der Waals surface area contributed by atoms with Crippen molar-refractivity contribution in [1.82, 2.24) is 4.98 Å². The standard InChI is InChI=1S/C15H25NO/c1-3-5-6-13(4-2)11-15(17)12-14-7-9-16-10-8-14/h7-10,13,15,17H,3-6,11-12H2,1-2H3. The average molecular weight is 235 g/mol. The van der Waals surface area contributed by atoms with E-state index in [2.05, 4.69) is 18.8 Å². The molecule has 1 aromatic rings. The fourth-order valence-corrected chi connectivity index (χ4v) is 2.24. The first-order valence-corrected chi connectivity index (χ1v) is 6.83. The van der Waals surface area contributed by atoms with Crippen LogP contribution in [0.25, 0.3) is 0 Å². The summed E-state index contributed by atoms with van der Waals surface area (Å²) in [5.41, 5.74) is 1.18. The van der Waals surface area contributed by atoms with Gasteiger partial charge in [-0.3, -0.25) is 4.98 Å². The molecule has 1 aromatic heterocycles. The zero-order valence-electron chi connectivity index (χ0n) is 11.1. The van der Waals surface area contributed by atoms with E-state index < -0.39 is 0 Å². The van der Waals surface area contributed by atoms with Gasteiger partial charge in [0.25, 0.3) is 0 Å².